The summed E-state index contributed by atoms with van der Waals surface area (Å²) >= 11 is 1.58. The van der Waals surface area contributed by atoms with Crippen molar-refractivity contribution >= 4 is 16.3 Å². The van der Waals surface area contributed by atoms with E-state index in [1.54, 1.807) is 21.8 Å². The normalized spacial score (nSPS) is 26.2. The summed E-state index contributed by atoms with van der Waals surface area (Å²) in [5.74, 6) is 1.47. The Morgan fingerprint density at radius 2 is 2.32 bits per heavy atom. The van der Waals surface area contributed by atoms with Gasteiger partial charge in [0.2, 0.25) is 0 Å². The predicted molar refractivity (Wildman–Crippen MR) is 86.4 cm³/mol. The fourth-order valence-electron chi connectivity index (χ4n) is 3.68. The fraction of sp³-hybridized carbons (Fsp3) is 0.625. The molecule has 0 saturated carbocycles. The highest BCUT2D eigenvalue weighted by atomic mass is 32.1. The van der Waals surface area contributed by atoms with Gasteiger partial charge >= 0.3 is 0 Å². The molecule has 2 aliphatic rings. The summed E-state index contributed by atoms with van der Waals surface area (Å²) in [6.45, 7) is 6.86. The molecule has 4 rings (SSSR count). The second-order valence-electron chi connectivity index (χ2n) is 6.49. The average molecular weight is 319 g/mol. The molecule has 0 N–H and O–H groups in total. The smallest absolute Gasteiger partial charge is 0.258 e. The maximum atomic E-state index is 12.2. The highest BCUT2D eigenvalue weighted by Crippen LogP contribution is 2.30. The van der Waals surface area contributed by atoms with Crippen LogP contribution in [0.25, 0.3) is 4.96 Å². The zero-order valence-electron chi connectivity index (χ0n) is 12.8. The molecule has 22 heavy (non-hydrogen) atoms. The van der Waals surface area contributed by atoms with Gasteiger partial charge in [-0.2, -0.15) is 0 Å². The van der Waals surface area contributed by atoms with Crippen molar-refractivity contribution in [2.24, 2.45) is 11.8 Å². The second-order valence-corrected chi connectivity index (χ2v) is 7.70. The van der Waals surface area contributed by atoms with Crippen molar-refractivity contribution in [3.63, 3.8) is 0 Å². The zero-order valence-corrected chi connectivity index (χ0v) is 13.6. The quantitative estimate of drug-likeness (QED) is 0.867. The summed E-state index contributed by atoms with van der Waals surface area (Å²) in [7, 11) is 0. The second kappa shape index (κ2) is 5.76. The third kappa shape index (κ3) is 2.71. The van der Waals surface area contributed by atoms with Gasteiger partial charge in [-0.05, 0) is 38.1 Å². The van der Waals surface area contributed by atoms with Crippen molar-refractivity contribution in [2.45, 2.75) is 26.3 Å². The first-order valence-electron chi connectivity index (χ1n) is 7.98. The maximum Gasteiger partial charge on any atom is 0.258 e. The van der Waals surface area contributed by atoms with Crippen LogP contribution in [0.5, 0.6) is 0 Å². The molecule has 2 fully saturated rings. The molecule has 2 aliphatic heterocycles. The summed E-state index contributed by atoms with van der Waals surface area (Å²) in [5.41, 5.74) is 0.930. The lowest BCUT2D eigenvalue weighted by Crippen LogP contribution is -2.25. The van der Waals surface area contributed by atoms with Crippen molar-refractivity contribution in [3.05, 3.63) is 33.2 Å². The summed E-state index contributed by atoms with van der Waals surface area (Å²) in [5, 5.41) is 0. The van der Waals surface area contributed by atoms with Gasteiger partial charge in [0, 0.05) is 43.4 Å². The molecule has 4 heterocycles. The molecule has 2 unspecified atom stereocenters. The van der Waals surface area contributed by atoms with Gasteiger partial charge in [0.05, 0.1) is 5.69 Å². The van der Waals surface area contributed by atoms with Gasteiger partial charge in [-0.3, -0.25) is 14.1 Å². The van der Waals surface area contributed by atoms with Crippen LogP contribution in [0.3, 0.4) is 0 Å². The highest BCUT2D eigenvalue weighted by Gasteiger charge is 2.31. The summed E-state index contributed by atoms with van der Waals surface area (Å²) < 4.78 is 7.16. The first kappa shape index (κ1) is 14.4. The molecule has 2 aromatic rings. The molecular formula is C16H21N3O2S. The zero-order chi connectivity index (χ0) is 15.1. The molecule has 2 aromatic heterocycles. The van der Waals surface area contributed by atoms with Crippen LogP contribution >= 0.6 is 11.3 Å². The number of likely N-dealkylation sites (tertiary alicyclic amines) is 1. The van der Waals surface area contributed by atoms with Gasteiger partial charge in [-0.25, -0.2) is 4.98 Å². The number of ether oxygens (including phenoxy) is 1. The van der Waals surface area contributed by atoms with Crippen molar-refractivity contribution < 1.29 is 4.74 Å². The average Bonchev–Trinajstić information content (AvgIpc) is 3.17. The van der Waals surface area contributed by atoms with Crippen molar-refractivity contribution in [1.29, 1.82) is 0 Å². The number of aryl methyl sites for hydroxylation is 1. The van der Waals surface area contributed by atoms with E-state index >= 15 is 0 Å². The van der Waals surface area contributed by atoms with Gasteiger partial charge in [0.1, 0.15) is 0 Å². The maximum absolute atomic E-state index is 12.2. The monoisotopic (exact) mass is 319 g/mol. The molecule has 0 amide bonds. The van der Waals surface area contributed by atoms with Crippen LogP contribution in [-0.4, -0.2) is 40.6 Å². The first-order chi connectivity index (χ1) is 10.7. The van der Waals surface area contributed by atoms with E-state index in [1.807, 2.05) is 13.1 Å². The van der Waals surface area contributed by atoms with Crippen LogP contribution in [0.2, 0.25) is 0 Å². The van der Waals surface area contributed by atoms with E-state index < -0.39 is 0 Å². The Balaban J connectivity index is 1.48. The van der Waals surface area contributed by atoms with E-state index in [0.717, 1.165) is 60.2 Å². The minimum atomic E-state index is 0.0317. The van der Waals surface area contributed by atoms with Crippen LogP contribution < -0.4 is 5.56 Å². The Kier molecular flexibility index (Phi) is 3.76. The van der Waals surface area contributed by atoms with Crippen molar-refractivity contribution in [3.8, 4) is 0 Å². The third-order valence-corrected chi connectivity index (χ3v) is 5.76. The minimum Gasteiger partial charge on any atom is -0.381 e. The molecule has 0 radical (unpaired) electrons. The molecule has 0 spiro atoms. The summed E-state index contributed by atoms with van der Waals surface area (Å²) in [6.07, 6.45) is 4.32. The first-order valence-corrected chi connectivity index (χ1v) is 8.79. The highest BCUT2D eigenvalue weighted by molar-refractivity contribution is 7.16. The topological polar surface area (TPSA) is 46.8 Å². The summed E-state index contributed by atoms with van der Waals surface area (Å²) in [6, 6.07) is 1.69. The third-order valence-electron chi connectivity index (χ3n) is 4.86. The largest absolute Gasteiger partial charge is 0.381 e. The Morgan fingerprint density at radius 1 is 1.41 bits per heavy atom. The standard InChI is InChI=1S/C16H21N3O2S/c1-11-7-19-15(20)6-14(17-16(19)22-11)9-18-4-2-12(8-18)13-3-5-21-10-13/h6-7,12-13H,2-5,8-10H2,1H3. The number of rotatable bonds is 3. The molecule has 2 saturated heterocycles. The molecule has 0 aliphatic carbocycles. The van der Waals surface area contributed by atoms with E-state index in [2.05, 4.69) is 9.88 Å². The number of aromatic nitrogens is 2. The Morgan fingerprint density at radius 3 is 3.14 bits per heavy atom. The minimum absolute atomic E-state index is 0.0317. The van der Waals surface area contributed by atoms with E-state index in [4.69, 9.17) is 4.74 Å². The number of nitrogens with zero attached hydrogens (tertiary/aromatic N) is 3. The SMILES string of the molecule is Cc1cn2c(=O)cc(CN3CCC(C4CCOC4)C3)nc2s1. The lowest BCUT2D eigenvalue weighted by molar-refractivity contribution is 0.171. The van der Waals surface area contributed by atoms with E-state index in [1.165, 1.54) is 12.8 Å². The molecule has 0 bridgehead atoms. The Labute approximate surface area is 133 Å². The molecule has 2 atom stereocenters. The Bertz CT molecular complexity index is 733. The van der Waals surface area contributed by atoms with Gasteiger partial charge in [-0.15, -0.1) is 11.3 Å². The summed E-state index contributed by atoms with van der Waals surface area (Å²) in [4.78, 5) is 21.2. The van der Waals surface area contributed by atoms with Crippen LogP contribution in [0, 0.1) is 18.8 Å². The molecule has 6 heteroatoms. The molecule has 118 valence electrons. The molecule has 0 aromatic carbocycles. The molecule has 5 nitrogen and oxygen atoms in total. The van der Waals surface area contributed by atoms with Crippen LogP contribution in [0.1, 0.15) is 23.4 Å². The van der Waals surface area contributed by atoms with E-state index in [9.17, 15) is 4.79 Å². The lowest BCUT2D eigenvalue weighted by atomic mass is 9.91. The number of thiazole rings is 1. The van der Waals surface area contributed by atoms with E-state index in [-0.39, 0.29) is 5.56 Å². The van der Waals surface area contributed by atoms with Crippen LogP contribution in [-0.2, 0) is 11.3 Å². The van der Waals surface area contributed by atoms with E-state index in [0.29, 0.717) is 0 Å². The van der Waals surface area contributed by atoms with Crippen molar-refractivity contribution in [1.82, 2.24) is 14.3 Å². The van der Waals surface area contributed by atoms with Gasteiger partial charge in [0.25, 0.3) is 5.56 Å². The van der Waals surface area contributed by atoms with Gasteiger partial charge in [0.15, 0.2) is 4.96 Å². The van der Waals surface area contributed by atoms with Gasteiger partial charge < -0.3 is 4.74 Å². The number of fused-ring (bicyclic) bond motifs is 1. The van der Waals surface area contributed by atoms with Crippen molar-refractivity contribution in [2.75, 3.05) is 26.3 Å². The van der Waals surface area contributed by atoms with Gasteiger partial charge in [-0.1, -0.05) is 0 Å². The van der Waals surface area contributed by atoms with Crippen LogP contribution in [0.15, 0.2) is 17.1 Å². The Hall–Kier alpha value is -1.24. The number of hydrogen-bond acceptors (Lipinski definition) is 5. The number of hydrogen-bond donors (Lipinski definition) is 0. The molecular weight excluding hydrogens is 298 g/mol. The lowest BCUT2D eigenvalue weighted by Gasteiger charge is -2.18. The fourth-order valence-corrected chi connectivity index (χ4v) is 4.53. The predicted octanol–water partition coefficient (Wildman–Crippen LogP) is 1.92. The van der Waals surface area contributed by atoms with Crippen LogP contribution in [0.4, 0.5) is 0 Å².